The first-order valence-electron chi connectivity index (χ1n) is 11.5. The number of amides is 1. The molecule has 0 spiro atoms. The SMILES string of the molecule is CCOC(=O)c1ccc(N2C(=O)c3[nH]nc(-c4ccccc4)c3[C@H]2c2ccc(CC)cc2)cc1. The van der Waals surface area contributed by atoms with E-state index < -0.39 is 0 Å². The standard InChI is InChI=1S/C28H25N3O3/c1-3-18-10-12-20(13-11-18)26-23-24(19-8-6-5-7-9-19)29-30-25(23)27(32)31(26)22-16-14-21(15-17-22)28(33)34-4-2/h5-17,26H,3-4H2,1-2H3,(H,29,30)/t26-/m1/s1. The third-order valence-corrected chi connectivity index (χ3v) is 6.18. The number of aromatic amines is 1. The molecule has 5 rings (SSSR count). The van der Waals surface area contributed by atoms with E-state index in [0.29, 0.717) is 23.6 Å². The number of esters is 1. The van der Waals surface area contributed by atoms with Crippen molar-refractivity contribution in [1.29, 1.82) is 0 Å². The Balaban J connectivity index is 1.62. The van der Waals surface area contributed by atoms with E-state index in [-0.39, 0.29) is 17.9 Å². The molecule has 4 aromatic rings. The highest BCUT2D eigenvalue weighted by atomic mass is 16.5. The second kappa shape index (κ2) is 8.98. The van der Waals surface area contributed by atoms with Gasteiger partial charge in [-0.15, -0.1) is 0 Å². The van der Waals surface area contributed by atoms with Crippen LogP contribution < -0.4 is 4.90 Å². The van der Waals surface area contributed by atoms with E-state index in [1.165, 1.54) is 5.56 Å². The van der Waals surface area contributed by atoms with Crippen LogP contribution in [-0.4, -0.2) is 28.7 Å². The zero-order valence-electron chi connectivity index (χ0n) is 19.1. The second-order valence-corrected chi connectivity index (χ2v) is 8.17. The van der Waals surface area contributed by atoms with E-state index >= 15 is 0 Å². The lowest BCUT2D eigenvalue weighted by Gasteiger charge is -2.27. The number of anilines is 1. The van der Waals surface area contributed by atoms with Crippen LogP contribution in [0.1, 0.15) is 57.4 Å². The van der Waals surface area contributed by atoms with Gasteiger partial charge in [0.25, 0.3) is 5.91 Å². The van der Waals surface area contributed by atoms with Gasteiger partial charge in [0.2, 0.25) is 0 Å². The Morgan fingerprint density at radius 1 is 0.971 bits per heavy atom. The maximum absolute atomic E-state index is 13.6. The molecule has 2 heterocycles. The monoisotopic (exact) mass is 451 g/mol. The molecule has 1 atom stereocenters. The minimum absolute atomic E-state index is 0.155. The quantitative estimate of drug-likeness (QED) is 0.389. The number of carbonyl (C=O) groups excluding carboxylic acids is 2. The van der Waals surface area contributed by atoms with Crippen LogP contribution >= 0.6 is 0 Å². The number of carbonyl (C=O) groups is 2. The number of H-pyrrole nitrogens is 1. The molecular weight excluding hydrogens is 426 g/mol. The third kappa shape index (κ3) is 3.67. The van der Waals surface area contributed by atoms with E-state index in [4.69, 9.17) is 4.74 Å². The fraction of sp³-hybridized carbons (Fsp3) is 0.179. The molecule has 1 aliphatic rings. The van der Waals surface area contributed by atoms with Crippen molar-refractivity contribution in [3.05, 3.63) is 107 Å². The van der Waals surface area contributed by atoms with E-state index in [1.54, 1.807) is 36.1 Å². The highest BCUT2D eigenvalue weighted by Gasteiger charge is 2.43. The number of aryl methyl sites for hydroxylation is 1. The van der Waals surface area contributed by atoms with Crippen LogP contribution in [0.15, 0.2) is 78.9 Å². The summed E-state index contributed by atoms with van der Waals surface area (Å²) in [6, 6.07) is 24.8. The van der Waals surface area contributed by atoms with Gasteiger partial charge in [-0.05, 0) is 48.7 Å². The van der Waals surface area contributed by atoms with Gasteiger partial charge < -0.3 is 4.74 Å². The summed E-state index contributed by atoms with van der Waals surface area (Å²) < 4.78 is 5.10. The second-order valence-electron chi connectivity index (χ2n) is 8.17. The molecule has 1 aromatic heterocycles. The van der Waals surface area contributed by atoms with Crippen LogP contribution in [0.4, 0.5) is 5.69 Å². The van der Waals surface area contributed by atoms with Crippen molar-refractivity contribution in [2.75, 3.05) is 11.5 Å². The van der Waals surface area contributed by atoms with Crippen molar-refractivity contribution in [2.45, 2.75) is 26.3 Å². The Hall–Kier alpha value is -4.19. The van der Waals surface area contributed by atoms with Crippen molar-refractivity contribution < 1.29 is 14.3 Å². The molecule has 3 aromatic carbocycles. The number of hydrogen-bond donors (Lipinski definition) is 1. The molecule has 1 aliphatic heterocycles. The fourth-order valence-corrected chi connectivity index (χ4v) is 4.45. The number of nitrogens with zero attached hydrogens (tertiary/aromatic N) is 2. The van der Waals surface area contributed by atoms with E-state index in [9.17, 15) is 9.59 Å². The van der Waals surface area contributed by atoms with Gasteiger partial charge in [0.05, 0.1) is 23.9 Å². The molecular formula is C28H25N3O3. The van der Waals surface area contributed by atoms with Crippen molar-refractivity contribution >= 4 is 17.6 Å². The number of aromatic nitrogens is 2. The number of ether oxygens (including phenoxy) is 1. The summed E-state index contributed by atoms with van der Waals surface area (Å²) in [5.74, 6) is -0.535. The Labute approximate surface area is 198 Å². The lowest BCUT2D eigenvalue weighted by Crippen LogP contribution is -2.29. The molecule has 6 nitrogen and oxygen atoms in total. The van der Waals surface area contributed by atoms with Gasteiger partial charge in [-0.3, -0.25) is 14.8 Å². The summed E-state index contributed by atoms with van der Waals surface area (Å²) in [6.07, 6.45) is 0.940. The fourth-order valence-electron chi connectivity index (χ4n) is 4.45. The Kier molecular flexibility index (Phi) is 5.72. The van der Waals surface area contributed by atoms with Gasteiger partial charge in [0.1, 0.15) is 5.69 Å². The molecule has 0 saturated heterocycles. The zero-order valence-corrected chi connectivity index (χ0v) is 19.1. The van der Waals surface area contributed by atoms with Gasteiger partial charge in [-0.25, -0.2) is 4.79 Å². The minimum atomic E-state index is -0.380. The number of fused-ring (bicyclic) bond motifs is 1. The van der Waals surface area contributed by atoms with Gasteiger partial charge in [-0.1, -0.05) is 61.5 Å². The zero-order chi connectivity index (χ0) is 23.7. The summed E-state index contributed by atoms with van der Waals surface area (Å²) in [4.78, 5) is 27.5. The van der Waals surface area contributed by atoms with E-state index in [2.05, 4.69) is 41.4 Å². The van der Waals surface area contributed by atoms with Crippen LogP contribution in [0.3, 0.4) is 0 Å². The topological polar surface area (TPSA) is 75.3 Å². The molecule has 0 bridgehead atoms. The Bertz CT molecular complexity index is 1330. The number of hydrogen-bond acceptors (Lipinski definition) is 4. The largest absolute Gasteiger partial charge is 0.462 e. The first kappa shape index (κ1) is 21.6. The van der Waals surface area contributed by atoms with E-state index in [1.807, 2.05) is 30.3 Å². The van der Waals surface area contributed by atoms with Crippen LogP contribution in [-0.2, 0) is 11.2 Å². The number of rotatable bonds is 6. The Morgan fingerprint density at radius 3 is 2.32 bits per heavy atom. The maximum atomic E-state index is 13.6. The predicted octanol–water partition coefficient (Wildman–Crippen LogP) is 5.57. The predicted molar refractivity (Wildman–Crippen MR) is 131 cm³/mol. The molecule has 1 N–H and O–H groups in total. The molecule has 34 heavy (non-hydrogen) atoms. The Morgan fingerprint density at radius 2 is 1.68 bits per heavy atom. The summed E-state index contributed by atoms with van der Waals surface area (Å²) in [7, 11) is 0. The highest BCUT2D eigenvalue weighted by molar-refractivity contribution is 6.12. The number of nitrogens with one attached hydrogen (secondary N) is 1. The molecule has 0 unspecified atom stereocenters. The van der Waals surface area contributed by atoms with Crippen molar-refractivity contribution in [3.8, 4) is 11.3 Å². The lowest BCUT2D eigenvalue weighted by molar-refractivity contribution is 0.0526. The van der Waals surface area contributed by atoms with Crippen LogP contribution in [0.25, 0.3) is 11.3 Å². The average Bonchev–Trinajstić information content (AvgIpc) is 3.44. The normalized spacial score (nSPS) is 14.8. The van der Waals surface area contributed by atoms with Crippen LogP contribution in [0.5, 0.6) is 0 Å². The van der Waals surface area contributed by atoms with Crippen LogP contribution in [0, 0.1) is 0 Å². The highest BCUT2D eigenvalue weighted by Crippen LogP contribution is 2.45. The van der Waals surface area contributed by atoms with E-state index in [0.717, 1.165) is 28.8 Å². The molecule has 0 radical (unpaired) electrons. The number of benzene rings is 3. The maximum Gasteiger partial charge on any atom is 0.338 e. The van der Waals surface area contributed by atoms with Crippen molar-refractivity contribution in [1.82, 2.24) is 10.2 Å². The summed E-state index contributed by atoms with van der Waals surface area (Å²) >= 11 is 0. The van der Waals surface area contributed by atoms with Crippen LogP contribution in [0.2, 0.25) is 0 Å². The first-order chi connectivity index (χ1) is 16.6. The van der Waals surface area contributed by atoms with Crippen molar-refractivity contribution in [2.24, 2.45) is 0 Å². The molecule has 170 valence electrons. The average molecular weight is 452 g/mol. The summed E-state index contributed by atoms with van der Waals surface area (Å²) in [5, 5.41) is 7.51. The van der Waals surface area contributed by atoms with Gasteiger partial charge in [-0.2, -0.15) is 5.10 Å². The van der Waals surface area contributed by atoms with Crippen molar-refractivity contribution in [3.63, 3.8) is 0 Å². The summed E-state index contributed by atoms with van der Waals surface area (Å²) in [6.45, 7) is 4.20. The minimum Gasteiger partial charge on any atom is -0.462 e. The van der Waals surface area contributed by atoms with Gasteiger partial charge in [0.15, 0.2) is 0 Å². The molecule has 0 aliphatic carbocycles. The molecule has 0 fully saturated rings. The molecule has 1 amide bonds. The van der Waals surface area contributed by atoms with Gasteiger partial charge >= 0.3 is 5.97 Å². The molecule has 6 heteroatoms. The first-order valence-corrected chi connectivity index (χ1v) is 11.5. The smallest absolute Gasteiger partial charge is 0.338 e. The molecule has 0 saturated carbocycles. The lowest BCUT2D eigenvalue weighted by atomic mass is 9.95. The van der Waals surface area contributed by atoms with Gasteiger partial charge in [0, 0.05) is 16.8 Å². The summed E-state index contributed by atoms with van der Waals surface area (Å²) in [5.41, 5.74) is 6.43. The third-order valence-electron chi connectivity index (χ3n) is 6.18.